The van der Waals surface area contributed by atoms with Gasteiger partial charge in [0.05, 0.1) is 11.2 Å². The fourth-order valence-corrected chi connectivity index (χ4v) is 3.74. The van der Waals surface area contributed by atoms with Crippen molar-refractivity contribution in [3.63, 3.8) is 0 Å². The first-order valence-electron chi connectivity index (χ1n) is 6.90. The lowest BCUT2D eigenvalue weighted by Gasteiger charge is -2.10. The Bertz CT molecular complexity index is 753. The average Bonchev–Trinajstić information content (AvgIpc) is 2.65. The molecule has 2 N–H and O–H groups in total. The molecular weight excluding hydrogens is 326 g/mol. The molecular formula is C13H19N3O4S2. The number of aliphatic imine (C=N–C) groups is 1. The second kappa shape index (κ2) is 6.66. The Hall–Kier alpha value is -1.61. The topological polar surface area (TPSA) is 105 Å². The Labute approximate surface area is 130 Å². The fraction of sp³-hybridized carbons (Fsp3) is 0.462. The van der Waals surface area contributed by atoms with Gasteiger partial charge in [0.1, 0.15) is 5.84 Å². The number of hydrogen-bond acceptors (Lipinski definition) is 5. The molecule has 0 amide bonds. The van der Waals surface area contributed by atoms with Crippen molar-refractivity contribution in [2.75, 3.05) is 17.5 Å². The van der Waals surface area contributed by atoms with Crippen LogP contribution in [0.15, 0.2) is 34.2 Å². The summed E-state index contributed by atoms with van der Waals surface area (Å²) in [5.74, 6) is 0.482. The van der Waals surface area contributed by atoms with E-state index >= 15 is 0 Å². The van der Waals surface area contributed by atoms with Gasteiger partial charge in [-0.3, -0.25) is 14.4 Å². The fourth-order valence-electron chi connectivity index (χ4n) is 2.09. The van der Waals surface area contributed by atoms with Gasteiger partial charge in [0.2, 0.25) is 10.0 Å². The molecule has 1 aromatic rings. The highest BCUT2D eigenvalue weighted by Gasteiger charge is 2.17. The molecule has 0 aliphatic carbocycles. The van der Waals surface area contributed by atoms with E-state index in [1.54, 1.807) is 0 Å². The van der Waals surface area contributed by atoms with Gasteiger partial charge in [-0.25, -0.2) is 16.8 Å². The normalized spacial score (nSPS) is 16.5. The first-order chi connectivity index (χ1) is 10.3. The van der Waals surface area contributed by atoms with E-state index in [1.165, 1.54) is 24.3 Å². The third-order valence-electron chi connectivity index (χ3n) is 3.09. The van der Waals surface area contributed by atoms with Crippen LogP contribution in [0.1, 0.15) is 25.7 Å². The molecule has 1 aromatic carbocycles. The van der Waals surface area contributed by atoms with E-state index < -0.39 is 20.0 Å². The van der Waals surface area contributed by atoms with Gasteiger partial charge in [0, 0.05) is 18.7 Å². The van der Waals surface area contributed by atoms with Crippen LogP contribution in [0.4, 0.5) is 5.69 Å². The largest absolute Gasteiger partial charge is 0.284 e. The molecule has 122 valence electrons. The predicted octanol–water partition coefficient (Wildman–Crippen LogP) is 1.31. The van der Waals surface area contributed by atoms with Crippen LogP contribution in [0, 0.1) is 0 Å². The van der Waals surface area contributed by atoms with Crippen LogP contribution in [0.5, 0.6) is 0 Å². The summed E-state index contributed by atoms with van der Waals surface area (Å²) >= 11 is 0. The van der Waals surface area contributed by atoms with Crippen LogP contribution in [0.3, 0.4) is 0 Å². The van der Waals surface area contributed by atoms with Gasteiger partial charge in [-0.05, 0) is 37.1 Å². The van der Waals surface area contributed by atoms with Gasteiger partial charge in [0.15, 0.2) is 0 Å². The molecule has 9 heteroatoms. The minimum Gasteiger partial charge on any atom is -0.284 e. The first-order valence-corrected chi connectivity index (χ1v) is 10.3. The number of sulfonamides is 2. The van der Waals surface area contributed by atoms with E-state index in [0.29, 0.717) is 24.5 Å². The van der Waals surface area contributed by atoms with Crippen LogP contribution in [-0.4, -0.2) is 35.5 Å². The summed E-state index contributed by atoms with van der Waals surface area (Å²) in [6, 6.07) is 5.52. The predicted molar refractivity (Wildman–Crippen MR) is 86.0 cm³/mol. The Balaban J connectivity index is 2.14. The van der Waals surface area contributed by atoms with E-state index in [0.717, 1.165) is 25.5 Å². The lowest BCUT2D eigenvalue weighted by atomic mass is 10.2. The Morgan fingerprint density at radius 3 is 2.27 bits per heavy atom. The molecule has 22 heavy (non-hydrogen) atoms. The van der Waals surface area contributed by atoms with Crippen molar-refractivity contribution >= 4 is 31.6 Å². The van der Waals surface area contributed by atoms with Crippen molar-refractivity contribution in [1.29, 1.82) is 0 Å². The molecule has 7 nitrogen and oxygen atoms in total. The maximum Gasteiger partial charge on any atom is 0.262 e. The summed E-state index contributed by atoms with van der Waals surface area (Å²) in [6.07, 6.45) is 4.58. The maximum absolute atomic E-state index is 12.3. The SMILES string of the molecule is CS(=O)(=O)Nc1ccc(S(=O)(=O)NC2=NCCCCC2)cc1. The quantitative estimate of drug-likeness (QED) is 0.858. The molecule has 1 aliphatic heterocycles. The van der Waals surface area contributed by atoms with Crippen LogP contribution >= 0.6 is 0 Å². The van der Waals surface area contributed by atoms with Gasteiger partial charge >= 0.3 is 0 Å². The minimum absolute atomic E-state index is 0.0681. The van der Waals surface area contributed by atoms with Crippen LogP contribution in [0.2, 0.25) is 0 Å². The molecule has 0 aromatic heterocycles. The summed E-state index contributed by atoms with van der Waals surface area (Å²) in [5, 5.41) is 0. The minimum atomic E-state index is -3.69. The number of benzene rings is 1. The van der Waals surface area contributed by atoms with Gasteiger partial charge in [-0.15, -0.1) is 0 Å². The zero-order valence-electron chi connectivity index (χ0n) is 12.2. The monoisotopic (exact) mass is 345 g/mol. The number of anilines is 1. The number of rotatable bonds is 4. The maximum atomic E-state index is 12.3. The second-order valence-electron chi connectivity index (χ2n) is 5.14. The van der Waals surface area contributed by atoms with Crippen molar-refractivity contribution in [3.8, 4) is 0 Å². The molecule has 0 unspecified atom stereocenters. The highest BCUT2D eigenvalue weighted by atomic mass is 32.2. The zero-order chi connectivity index (χ0) is 16.2. The second-order valence-corrected chi connectivity index (χ2v) is 8.57. The molecule has 0 saturated heterocycles. The van der Waals surface area contributed by atoms with E-state index in [1.807, 2.05) is 0 Å². The summed E-state index contributed by atoms with van der Waals surface area (Å²) in [4.78, 5) is 4.30. The molecule has 0 fully saturated rings. The Morgan fingerprint density at radius 2 is 1.64 bits per heavy atom. The Morgan fingerprint density at radius 1 is 0.955 bits per heavy atom. The molecule has 2 rings (SSSR count). The smallest absolute Gasteiger partial charge is 0.262 e. The molecule has 0 spiro atoms. The van der Waals surface area contributed by atoms with Gasteiger partial charge in [-0.2, -0.15) is 0 Å². The van der Waals surface area contributed by atoms with Gasteiger partial charge < -0.3 is 0 Å². The van der Waals surface area contributed by atoms with E-state index in [-0.39, 0.29) is 4.90 Å². The molecule has 1 aliphatic rings. The molecule has 0 atom stereocenters. The van der Waals surface area contributed by atoms with Crippen molar-refractivity contribution in [2.45, 2.75) is 30.6 Å². The standard InChI is InChI=1S/C13H19N3O4S2/c1-21(17,18)15-11-6-8-12(9-7-11)22(19,20)16-13-5-3-2-4-10-14-13/h6-9,15H,2-5,10H2,1H3,(H,14,16). The molecule has 0 saturated carbocycles. The molecule has 0 bridgehead atoms. The summed E-state index contributed by atoms with van der Waals surface area (Å²) < 4.78 is 51.6. The number of nitrogens with one attached hydrogen (secondary N) is 2. The van der Waals surface area contributed by atoms with Crippen LogP contribution < -0.4 is 9.44 Å². The van der Waals surface area contributed by atoms with E-state index in [9.17, 15) is 16.8 Å². The first kappa shape index (κ1) is 16.8. The highest BCUT2D eigenvalue weighted by molar-refractivity contribution is 7.92. The lowest BCUT2D eigenvalue weighted by Crippen LogP contribution is -2.30. The van der Waals surface area contributed by atoms with Crippen molar-refractivity contribution in [1.82, 2.24) is 4.72 Å². The average molecular weight is 345 g/mol. The lowest BCUT2D eigenvalue weighted by molar-refractivity contribution is 0.592. The number of hydrogen-bond donors (Lipinski definition) is 2. The van der Waals surface area contributed by atoms with Gasteiger partial charge in [-0.1, -0.05) is 6.42 Å². The van der Waals surface area contributed by atoms with E-state index in [2.05, 4.69) is 14.4 Å². The zero-order valence-corrected chi connectivity index (χ0v) is 13.9. The number of nitrogens with zero attached hydrogens (tertiary/aromatic N) is 1. The van der Waals surface area contributed by atoms with E-state index in [4.69, 9.17) is 0 Å². The summed E-state index contributed by atoms with van der Waals surface area (Å²) in [7, 11) is -7.08. The molecule has 0 radical (unpaired) electrons. The van der Waals surface area contributed by atoms with Gasteiger partial charge in [0.25, 0.3) is 10.0 Å². The number of amidine groups is 1. The van der Waals surface area contributed by atoms with Crippen LogP contribution in [-0.2, 0) is 20.0 Å². The molecule has 1 heterocycles. The summed E-state index contributed by atoms with van der Waals surface area (Å²) in [6.45, 7) is 0.634. The van der Waals surface area contributed by atoms with Crippen molar-refractivity contribution in [2.24, 2.45) is 4.99 Å². The van der Waals surface area contributed by atoms with Crippen LogP contribution in [0.25, 0.3) is 0 Å². The Kier molecular flexibility index (Phi) is 5.07. The highest BCUT2D eigenvalue weighted by Crippen LogP contribution is 2.16. The third-order valence-corrected chi connectivity index (χ3v) is 5.10. The van der Waals surface area contributed by atoms with Crippen molar-refractivity contribution < 1.29 is 16.8 Å². The third kappa shape index (κ3) is 4.99. The summed E-state index contributed by atoms with van der Waals surface area (Å²) in [5.41, 5.74) is 0.313. The van der Waals surface area contributed by atoms with Crippen molar-refractivity contribution in [3.05, 3.63) is 24.3 Å².